The standard InChI is InChI=1S/C72H98F6/c1-53(78)54-19-29-64(30-20-54)69(4,5)45-40-56(18-14-48-73)59-23-33-65(34-24-59)70(6,7)44-39-55(16-12-13-17-57(42-50-75)60-25-35-67(36-26-60)72(10,11)47-51-76)58-21-31-66(32-22-58)71(8,9)46-41-62(52-77)61-27-37-63(38-28-61)68(2,3)43-15-49-74/h19-38,55-57,62H,1,12-18,39-52H2,2-11H3. The maximum Gasteiger partial charge on any atom is 0.123 e. The molecule has 0 fully saturated rings. The van der Waals surface area contributed by atoms with Crippen LogP contribution in [0.25, 0.3) is 5.83 Å². The topological polar surface area (TPSA) is 0 Å². The predicted molar refractivity (Wildman–Crippen MR) is 322 cm³/mol. The second-order valence-electron chi connectivity index (χ2n) is 26.3. The van der Waals surface area contributed by atoms with E-state index in [0.717, 1.165) is 105 Å². The summed E-state index contributed by atoms with van der Waals surface area (Å²) in [4.78, 5) is 0. The number of benzene rings is 5. The van der Waals surface area contributed by atoms with Gasteiger partial charge in [0, 0.05) is 11.5 Å². The van der Waals surface area contributed by atoms with Gasteiger partial charge >= 0.3 is 0 Å². The van der Waals surface area contributed by atoms with Crippen molar-refractivity contribution in [2.75, 3.05) is 33.4 Å². The molecule has 0 nitrogen and oxygen atoms in total. The van der Waals surface area contributed by atoms with E-state index in [1.807, 2.05) is 12.1 Å². The lowest BCUT2D eigenvalue weighted by atomic mass is 9.74. The Hall–Kier alpha value is -4.58. The van der Waals surface area contributed by atoms with E-state index in [1.54, 1.807) is 12.1 Å². The second-order valence-corrected chi connectivity index (χ2v) is 26.3. The Kier molecular flexibility index (Phi) is 24.5. The van der Waals surface area contributed by atoms with Crippen molar-refractivity contribution in [1.29, 1.82) is 0 Å². The lowest BCUT2D eigenvalue weighted by molar-refractivity contribution is 0.369. The van der Waals surface area contributed by atoms with Gasteiger partial charge in [0.25, 0.3) is 0 Å². The van der Waals surface area contributed by atoms with Crippen LogP contribution in [0.1, 0.15) is 251 Å². The molecule has 78 heavy (non-hydrogen) atoms. The van der Waals surface area contributed by atoms with Gasteiger partial charge < -0.3 is 0 Å². The molecule has 0 amide bonds. The first-order chi connectivity index (χ1) is 37.0. The van der Waals surface area contributed by atoms with E-state index in [-0.39, 0.29) is 71.5 Å². The SMILES string of the molecule is C=C(F)c1ccc(C(C)(C)CCC(CCCF)c2ccc(C(C)(C)CCC(CCCCC(CCF)c3ccc(C(C)(C)CCF)cc3)c3ccc(C(C)(C)CCC(CF)c4ccc(C(C)(C)CCCF)cc4)cc3)cc2)cc1. The van der Waals surface area contributed by atoms with Crippen LogP contribution in [0.5, 0.6) is 0 Å². The van der Waals surface area contributed by atoms with Gasteiger partial charge in [0.1, 0.15) is 5.83 Å². The molecule has 0 aromatic heterocycles. The molecule has 5 aromatic rings. The minimum Gasteiger partial charge on any atom is -0.251 e. The number of unbranched alkanes of at least 4 members (excludes halogenated alkanes) is 1. The summed E-state index contributed by atoms with van der Waals surface area (Å²) in [5.74, 6) is 0.0430. The van der Waals surface area contributed by atoms with E-state index in [1.165, 1.54) is 22.3 Å². The first kappa shape index (κ1) is 64.2. The largest absolute Gasteiger partial charge is 0.251 e. The van der Waals surface area contributed by atoms with Crippen LogP contribution in [-0.2, 0) is 27.1 Å². The highest BCUT2D eigenvalue weighted by Gasteiger charge is 2.29. The summed E-state index contributed by atoms with van der Waals surface area (Å²) in [6.07, 6.45) is 12.9. The fourth-order valence-corrected chi connectivity index (χ4v) is 12.0. The number of hydrogen-bond acceptors (Lipinski definition) is 0. The zero-order valence-electron chi connectivity index (χ0n) is 49.7. The van der Waals surface area contributed by atoms with Gasteiger partial charge in [-0.1, -0.05) is 210 Å². The van der Waals surface area contributed by atoms with Crippen molar-refractivity contribution < 1.29 is 26.3 Å². The summed E-state index contributed by atoms with van der Waals surface area (Å²) in [5.41, 5.74) is 10.4. The van der Waals surface area contributed by atoms with Gasteiger partial charge in [-0.2, -0.15) is 0 Å². The van der Waals surface area contributed by atoms with Gasteiger partial charge in [-0.25, -0.2) is 4.39 Å². The molecule has 0 radical (unpaired) electrons. The first-order valence-electron chi connectivity index (χ1n) is 29.7. The van der Waals surface area contributed by atoms with Gasteiger partial charge in [0.2, 0.25) is 0 Å². The average Bonchev–Trinajstić information content (AvgIpc) is 3.42. The van der Waals surface area contributed by atoms with E-state index >= 15 is 0 Å². The van der Waals surface area contributed by atoms with Gasteiger partial charge in [0.05, 0.1) is 33.4 Å². The van der Waals surface area contributed by atoms with Gasteiger partial charge in [-0.05, 0) is 185 Å². The molecule has 0 saturated heterocycles. The van der Waals surface area contributed by atoms with E-state index in [9.17, 15) is 26.3 Å². The van der Waals surface area contributed by atoms with Crippen molar-refractivity contribution in [3.05, 3.63) is 184 Å². The van der Waals surface area contributed by atoms with E-state index in [4.69, 9.17) is 0 Å². The molecule has 5 aromatic carbocycles. The van der Waals surface area contributed by atoms with Crippen LogP contribution in [0, 0.1) is 0 Å². The van der Waals surface area contributed by atoms with Crippen LogP contribution in [0.2, 0.25) is 0 Å². The molecule has 5 rings (SSSR count). The molecule has 0 spiro atoms. The lowest BCUT2D eigenvalue weighted by Crippen LogP contribution is -2.20. The van der Waals surface area contributed by atoms with Crippen molar-refractivity contribution in [3.63, 3.8) is 0 Å². The summed E-state index contributed by atoms with van der Waals surface area (Å²) < 4.78 is 82.6. The fourth-order valence-electron chi connectivity index (χ4n) is 12.0. The summed E-state index contributed by atoms with van der Waals surface area (Å²) in [5, 5.41) is 0. The number of hydrogen-bond donors (Lipinski definition) is 0. The molecule has 0 heterocycles. The van der Waals surface area contributed by atoms with Crippen molar-refractivity contribution >= 4 is 5.83 Å². The maximum atomic E-state index is 14.7. The lowest BCUT2D eigenvalue weighted by Gasteiger charge is -2.30. The highest BCUT2D eigenvalue weighted by molar-refractivity contribution is 5.57. The van der Waals surface area contributed by atoms with Crippen LogP contribution >= 0.6 is 0 Å². The number of rotatable bonds is 35. The molecule has 428 valence electrons. The molecule has 4 unspecified atom stereocenters. The molecule has 4 atom stereocenters. The van der Waals surface area contributed by atoms with Crippen LogP contribution in [0.15, 0.2) is 128 Å². The van der Waals surface area contributed by atoms with Crippen molar-refractivity contribution in [3.8, 4) is 0 Å². The second kappa shape index (κ2) is 29.8. The van der Waals surface area contributed by atoms with Gasteiger partial charge in [-0.3, -0.25) is 22.0 Å². The molecular formula is C72H98F6. The van der Waals surface area contributed by atoms with E-state index < -0.39 is 12.5 Å². The fraction of sp³-hybridized carbons (Fsp3) is 0.556. The highest BCUT2D eigenvalue weighted by Crippen LogP contribution is 2.41. The minimum atomic E-state index is -0.434. The Morgan fingerprint density at radius 2 is 0.615 bits per heavy atom. The normalized spacial score (nSPS) is 14.3. The minimum absolute atomic E-state index is 0.109. The third-order valence-corrected chi connectivity index (χ3v) is 18.3. The summed E-state index contributed by atoms with van der Waals surface area (Å²) in [6, 6.07) is 42.8. The quantitative estimate of drug-likeness (QED) is 0.0280. The van der Waals surface area contributed by atoms with Crippen molar-refractivity contribution in [2.45, 2.75) is 223 Å². The Bertz CT molecular complexity index is 2500. The van der Waals surface area contributed by atoms with Crippen LogP contribution in [0.3, 0.4) is 0 Å². The third-order valence-electron chi connectivity index (χ3n) is 18.3. The summed E-state index contributed by atoms with van der Waals surface area (Å²) >= 11 is 0. The third kappa shape index (κ3) is 18.5. The molecule has 0 saturated carbocycles. The maximum absolute atomic E-state index is 14.7. The molecule has 0 bridgehead atoms. The molecule has 0 aliphatic carbocycles. The molecule has 0 N–H and O–H groups in total. The number of alkyl halides is 5. The molecule has 0 aliphatic rings. The van der Waals surface area contributed by atoms with Crippen LogP contribution < -0.4 is 0 Å². The smallest absolute Gasteiger partial charge is 0.123 e. The molecular weight excluding hydrogens is 979 g/mol. The van der Waals surface area contributed by atoms with Gasteiger partial charge in [0.15, 0.2) is 0 Å². The predicted octanol–water partition coefficient (Wildman–Crippen LogP) is 22.2. The number of halogens is 6. The van der Waals surface area contributed by atoms with Crippen LogP contribution in [-0.4, -0.2) is 33.4 Å². The van der Waals surface area contributed by atoms with E-state index in [0.29, 0.717) is 37.2 Å². The summed E-state index contributed by atoms with van der Waals surface area (Å²) in [6.45, 7) is 23.8. The van der Waals surface area contributed by atoms with Crippen molar-refractivity contribution in [1.82, 2.24) is 0 Å². The first-order valence-corrected chi connectivity index (χ1v) is 29.7. The Morgan fingerprint density at radius 1 is 0.321 bits per heavy atom. The Balaban J connectivity index is 1.31. The molecule has 0 aliphatic heterocycles. The average molecular weight is 1080 g/mol. The van der Waals surface area contributed by atoms with Gasteiger partial charge in [-0.15, -0.1) is 0 Å². The zero-order valence-corrected chi connectivity index (χ0v) is 49.7. The van der Waals surface area contributed by atoms with E-state index in [2.05, 4.69) is 173 Å². The monoisotopic (exact) mass is 1080 g/mol. The van der Waals surface area contributed by atoms with Crippen LogP contribution in [0.4, 0.5) is 26.3 Å². The van der Waals surface area contributed by atoms with Crippen molar-refractivity contribution in [2.24, 2.45) is 0 Å². The Morgan fingerprint density at radius 3 is 0.936 bits per heavy atom. The highest BCUT2D eigenvalue weighted by atomic mass is 19.1. The summed E-state index contributed by atoms with van der Waals surface area (Å²) in [7, 11) is 0. The molecule has 6 heteroatoms. The Labute approximate surface area is 469 Å². The zero-order chi connectivity index (χ0) is 57.2.